The van der Waals surface area contributed by atoms with Crippen LogP contribution in [0, 0.1) is 13.8 Å². The number of hydrogen-bond donors (Lipinski definition) is 1. The van der Waals surface area contributed by atoms with Gasteiger partial charge in [-0.2, -0.15) is 5.10 Å². The summed E-state index contributed by atoms with van der Waals surface area (Å²) in [7, 11) is 0. The Hall–Kier alpha value is -3.13. The Balaban J connectivity index is 1.80. The van der Waals surface area contributed by atoms with Crippen molar-refractivity contribution in [2.24, 2.45) is 0 Å². The summed E-state index contributed by atoms with van der Waals surface area (Å²) in [5.41, 5.74) is 3.52. The molecule has 0 fully saturated rings. The fraction of sp³-hybridized carbons (Fsp3) is 0.136. The van der Waals surface area contributed by atoms with Crippen LogP contribution in [-0.2, 0) is 0 Å². The lowest BCUT2D eigenvalue weighted by Crippen LogP contribution is -2.13. The molecule has 4 rings (SSSR count). The van der Waals surface area contributed by atoms with E-state index in [1.807, 2.05) is 50.2 Å². The molecule has 0 bridgehead atoms. The van der Waals surface area contributed by atoms with E-state index in [1.165, 1.54) is 12.3 Å². The first-order chi connectivity index (χ1) is 14.3. The molecule has 8 heteroatoms. The molecule has 0 radical (unpaired) electrons. The first kappa shape index (κ1) is 20.2. The Kier molecular flexibility index (Phi) is 5.34. The van der Waals surface area contributed by atoms with Gasteiger partial charge in [-0.1, -0.05) is 35.9 Å². The highest BCUT2D eigenvalue weighted by Gasteiger charge is 2.22. The van der Waals surface area contributed by atoms with Crippen molar-refractivity contribution in [3.63, 3.8) is 0 Å². The predicted octanol–water partition coefficient (Wildman–Crippen LogP) is 5.97. The van der Waals surface area contributed by atoms with Crippen molar-refractivity contribution in [1.29, 1.82) is 0 Å². The molecule has 2 heterocycles. The second-order valence-corrected chi connectivity index (χ2v) is 7.82. The minimum atomic E-state index is -2.78. The number of carbonyl (C=O) groups is 1. The zero-order valence-electron chi connectivity index (χ0n) is 16.2. The van der Waals surface area contributed by atoms with Crippen LogP contribution in [0.2, 0.25) is 0 Å². The van der Waals surface area contributed by atoms with Crippen molar-refractivity contribution in [2.45, 2.75) is 20.3 Å². The molecule has 2 aromatic carbocycles. The smallest absolute Gasteiger partial charge is 0.280 e. The quantitative estimate of drug-likeness (QED) is 0.399. The average Bonchev–Trinajstić information content (AvgIpc) is 3.14. The lowest BCUT2D eigenvalue weighted by Gasteiger charge is -2.10. The fourth-order valence-electron chi connectivity index (χ4n) is 3.09. The van der Waals surface area contributed by atoms with Crippen LogP contribution in [0.4, 0.5) is 14.5 Å². The molecule has 4 aromatic rings. The fourth-order valence-corrected chi connectivity index (χ4v) is 3.68. The van der Waals surface area contributed by atoms with Crippen molar-refractivity contribution in [1.82, 2.24) is 14.6 Å². The first-order valence-corrected chi connectivity index (χ1v) is 9.94. The maximum atomic E-state index is 13.7. The predicted molar refractivity (Wildman–Crippen MR) is 115 cm³/mol. The summed E-state index contributed by atoms with van der Waals surface area (Å²) >= 11 is 3.42. The van der Waals surface area contributed by atoms with Crippen molar-refractivity contribution < 1.29 is 13.6 Å². The van der Waals surface area contributed by atoms with E-state index in [9.17, 15) is 13.6 Å². The van der Waals surface area contributed by atoms with Gasteiger partial charge in [0.2, 0.25) is 0 Å². The molecule has 0 aliphatic rings. The third-order valence-corrected chi connectivity index (χ3v) is 5.34. The molecule has 0 unspecified atom stereocenters. The lowest BCUT2D eigenvalue weighted by atomic mass is 10.1. The zero-order valence-corrected chi connectivity index (χ0v) is 17.7. The number of carbonyl (C=O) groups excluding carboxylic acids is 1. The summed E-state index contributed by atoms with van der Waals surface area (Å²) in [6.45, 7) is 3.87. The number of rotatable bonds is 4. The van der Waals surface area contributed by atoms with Crippen LogP contribution in [0.15, 0.2) is 59.2 Å². The van der Waals surface area contributed by atoms with Gasteiger partial charge in [0.05, 0.1) is 17.6 Å². The zero-order chi connectivity index (χ0) is 21.4. The number of amides is 1. The Labute approximate surface area is 179 Å². The molecule has 0 spiro atoms. The molecule has 0 atom stereocenters. The summed E-state index contributed by atoms with van der Waals surface area (Å²) in [5, 5.41) is 6.77. The maximum Gasteiger partial charge on any atom is 0.280 e. The SMILES string of the molecule is Cc1ccc(-c2cc(C(F)F)n3ncc(C(=O)Nc4ccc(C)cc4Br)c3n2)cc1. The van der Waals surface area contributed by atoms with Crippen LogP contribution < -0.4 is 5.32 Å². The minimum Gasteiger partial charge on any atom is -0.321 e. The summed E-state index contributed by atoms with van der Waals surface area (Å²) < 4.78 is 29.2. The van der Waals surface area contributed by atoms with Crippen LogP contribution >= 0.6 is 15.9 Å². The Morgan fingerprint density at radius 2 is 1.77 bits per heavy atom. The van der Waals surface area contributed by atoms with Gasteiger partial charge in [-0.3, -0.25) is 4.79 Å². The Bertz CT molecular complexity index is 1250. The van der Waals surface area contributed by atoms with E-state index in [-0.39, 0.29) is 16.9 Å². The number of nitrogens with one attached hydrogen (secondary N) is 1. The van der Waals surface area contributed by atoms with Gasteiger partial charge in [0, 0.05) is 10.0 Å². The first-order valence-electron chi connectivity index (χ1n) is 9.15. The topological polar surface area (TPSA) is 59.3 Å². The van der Waals surface area contributed by atoms with Gasteiger partial charge in [-0.05, 0) is 53.5 Å². The molecule has 0 aliphatic heterocycles. The molecule has 5 nitrogen and oxygen atoms in total. The van der Waals surface area contributed by atoms with Crippen LogP contribution in [0.3, 0.4) is 0 Å². The van der Waals surface area contributed by atoms with Gasteiger partial charge in [0.1, 0.15) is 11.3 Å². The Morgan fingerprint density at radius 1 is 1.07 bits per heavy atom. The third-order valence-electron chi connectivity index (χ3n) is 4.69. The largest absolute Gasteiger partial charge is 0.321 e. The van der Waals surface area contributed by atoms with E-state index in [4.69, 9.17) is 0 Å². The molecular weight excluding hydrogens is 454 g/mol. The van der Waals surface area contributed by atoms with E-state index in [0.717, 1.165) is 15.6 Å². The second-order valence-electron chi connectivity index (χ2n) is 6.96. The highest BCUT2D eigenvalue weighted by Crippen LogP contribution is 2.28. The number of alkyl halides is 2. The molecule has 1 amide bonds. The molecule has 2 aromatic heterocycles. The van der Waals surface area contributed by atoms with Gasteiger partial charge >= 0.3 is 0 Å². The van der Waals surface area contributed by atoms with Crippen molar-refractivity contribution in [2.75, 3.05) is 5.32 Å². The summed E-state index contributed by atoms with van der Waals surface area (Å²) in [6, 6.07) is 14.2. The number of benzene rings is 2. The molecular formula is C22H17BrF2N4O. The number of fused-ring (bicyclic) bond motifs is 1. The van der Waals surface area contributed by atoms with Crippen LogP contribution in [0.25, 0.3) is 16.9 Å². The number of aromatic nitrogens is 3. The van der Waals surface area contributed by atoms with Crippen LogP contribution in [0.5, 0.6) is 0 Å². The molecule has 152 valence electrons. The number of aryl methyl sites for hydroxylation is 2. The lowest BCUT2D eigenvalue weighted by molar-refractivity contribution is 0.102. The van der Waals surface area contributed by atoms with Gasteiger partial charge < -0.3 is 5.32 Å². The Morgan fingerprint density at radius 3 is 2.43 bits per heavy atom. The van der Waals surface area contributed by atoms with Crippen molar-refractivity contribution in [3.8, 4) is 11.3 Å². The number of halogens is 3. The van der Waals surface area contributed by atoms with Crippen LogP contribution in [-0.4, -0.2) is 20.5 Å². The molecule has 0 aliphatic carbocycles. The van der Waals surface area contributed by atoms with E-state index in [2.05, 4.69) is 31.3 Å². The minimum absolute atomic E-state index is 0.0732. The third kappa shape index (κ3) is 3.82. The standard InChI is InChI=1S/C22H17BrF2N4O/c1-12-3-6-14(7-4-12)18-10-19(20(24)25)29-21(27-18)15(11-26-29)22(30)28-17-8-5-13(2)9-16(17)23/h3-11,20H,1-2H3,(H,28,30). The van der Waals surface area contributed by atoms with Gasteiger partial charge in [-0.15, -0.1) is 0 Å². The van der Waals surface area contributed by atoms with Gasteiger partial charge in [0.25, 0.3) is 12.3 Å². The van der Waals surface area contributed by atoms with Crippen LogP contribution in [0.1, 0.15) is 33.6 Å². The normalized spacial score (nSPS) is 11.3. The molecule has 0 saturated heterocycles. The van der Waals surface area contributed by atoms with E-state index in [0.29, 0.717) is 21.4 Å². The monoisotopic (exact) mass is 470 g/mol. The average molecular weight is 471 g/mol. The highest BCUT2D eigenvalue weighted by molar-refractivity contribution is 9.10. The molecule has 0 saturated carbocycles. The summed E-state index contributed by atoms with van der Waals surface area (Å²) in [4.78, 5) is 17.4. The number of hydrogen-bond acceptors (Lipinski definition) is 3. The van der Waals surface area contributed by atoms with E-state index < -0.39 is 12.3 Å². The molecule has 1 N–H and O–H groups in total. The summed E-state index contributed by atoms with van der Waals surface area (Å²) in [6.07, 6.45) is -1.52. The van der Waals surface area contributed by atoms with Gasteiger partial charge in [-0.25, -0.2) is 18.3 Å². The number of anilines is 1. The second kappa shape index (κ2) is 7.95. The van der Waals surface area contributed by atoms with Gasteiger partial charge in [0.15, 0.2) is 5.65 Å². The highest BCUT2D eigenvalue weighted by atomic mass is 79.9. The van der Waals surface area contributed by atoms with E-state index >= 15 is 0 Å². The van der Waals surface area contributed by atoms with Crippen molar-refractivity contribution in [3.05, 3.63) is 81.6 Å². The maximum absolute atomic E-state index is 13.7. The summed E-state index contributed by atoms with van der Waals surface area (Å²) in [5.74, 6) is -0.483. The molecule has 30 heavy (non-hydrogen) atoms. The van der Waals surface area contributed by atoms with Crippen molar-refractivity contribution >= 4 is 33.2 Å². The number of nitrogens with zero attached hydrogens (tertiary/aromatic N) is 3. The van der Waals surface area contributed by atoms with E-state index in [1.54, 1.807) is 6.07 Å².